The van der Waals surface area contributed by atoms with Crippen molar-refractivity contribution in [1.82, 2.24) is 5.32 Å². The minimum Gasteiger partial charge on any atom is -0.383 e. The van der Waals surface area contributed by atoms with Gasteiger partial charge in [0.05, 0.1) is 12.6 Å². The molecule has 0 saturated heterocycles. The maximum atomic E-state index is 13.5. The fourth-order valence-electron chi connectivity index (χ4n) is 1.48. The van der Waals surface area contributed by atoms with E-state index in [9.17, 15) is 13.6 Å². The molecule has 1 rings (SSSR count). The summed E-state index contributed by atoms with van der Waals surface area (Å²) in [4.78, 5) is 11.8. The van der Waals surface area contributed by atoms with Gasteiger partial charge in [0.15, 0.2) is 0 Å². The Bertz CT molecular complexity index is 417. The van der Waals surface area contributed by atoms with Gasteiger partial charge in [-0.25, -0.2) is 8.78 Å². The number of rotatable bonds is 5. The van der Waals surface area contributed by atoms with Gasteiger partial charge in [0.2, 0.25) is 0 Å². The second-order valence-electron chi connectivity index (χ2n) is 3.78. The second-order valence-corrected chi connectivity index (χ2v) is 4.69. The number of hydrogen-bond donors (Lipinski definition) is 1. The molecule has 0 spiro atoms. The van der Waals surface area contributed by atoms with Crippen LogP contribution in [0.1, 0.15) is 23.7 Å². The Morgan fingerprint density at radius 1 is 1.44 bits per heavy atom. The molecule has 6 heteroatoms. The third kappa shape index (κ3) is 3.74. The van der Waals surface area contributed by atoms with Crippen LogP contribution in [0.3, 0.4) is 0 Å². The summed E-state index contributed by atoms with van der Waals surface area (Å²) in [5, 5.41) is 2.53. The second kappa shape index (κ2) is 6.80. The molecule has 0 heterocycles. The number of halogens is 3. The summed E-state index contributed by atoms with van der Waals surface area (Å²) in [5.74, 6) is -2.57. The van der Waals surface area contributed by atoms with Crippen molar-refractivity contribution in [3.05, 3.63) is 33.8 Å². The zero-order chi connectivity index (χ0) is 13.7. The molecule has 1 N–H and O–H groups in total. The summed E-state index contributed by atoms with van der Waals surface area (Å²) in [6.07, 6.45) is 0.610. The average Bonchev–Trinajstić information content (AvgIpc) is 2.26. The van der Waals surface area contributed by atoms with Gasteiger partial charge in [-0.3, -0.25) is 4.79 Å². The van der Waals surface area contributed by atoms with E-state index in [1.807, 2.05) is 6.92 Å². The third-order valence-electron chi connectivity index (χ3n) is 2.43. The third-order valence-corrected chi connectivity index (χ3v) is 2.89. The monoisotopic (exact) mass is 321 g/mol. The minimum absolute atomic E-state index is 0.248. The van der Waals surface area contributed by atoms with Crippen LogP contribution in [-0.4, -0.2) is 25.7 Å². The molecular weight excluding hydrogens is 308 g/mol. The standard InChI is InChI=1S/C12H14BrF2NO2/c1-3-8(6-18-2)16-12(17)11-9(14)4-7(13)5-10(11)15/h4-5,8H,3,6H2,1-2H3,(H,16,17). The van der Waals surface area contributed by atoms with Gasteiger partial charge in [-0.1, -0.05) is 22.9 Å². The molecule has 0 aliphatic rings. The lowest BCUT2D eigenvalue weighted by atomic mass is 10.1. The Balaban J connectivity index is 2.90. The van der Waals surface area contributed by atoms with Crippen molar-refractivity contribution in [1.29, 1.82) is 0 Å². The highest BCUT2D eigenvalue weighted by molar-refractivity contribution is 9.10. The molecule has 1 unspecified atom stereocenters. The molecule has 1 amide bonds. The Morgan fingerprint density at radius 3 is 2.44 bits per heavy atom. The number of nitrogens with one attached hydrogen (secondary N) is 1. The smallest absolute Gasteiger partial charge is 0.257 e. The summed E-state index contributed by atoms with van der Waals surface area (Å²) < 4.78 is 32.2. The first-order chi connectivity index (χ1) is 8.49. The van der Waals surface area contributed by atoms with Gasteiger partial charge in [-0.15, -0.1) is 0 Å². The lowest BCUT2D eigenvalue weighted by Gasteiger charge is -2.16. The number of carbonyl (C=O) groups excluding carboxylic acids is 1. The largest absolute Gasteiger partial charge is 0.383 e. The van der Waals surface area contributed by atoms with Crippen LogP contribution in [0.15, 0.2) is 16.6 Å². The van der Waals surface area contributed by atoms with Gasteiger partial charge >= 0.3 is 0 Å². The van der Waals surface area contributed by atoms with Crippen LogP contribution in [0.5, 0.6) is 0 Å². The zero-order valence-corrected chi connectivity index (χ0v) is 11.7. The van der Waals surface area contributed by atoms with Crippen LogP contribution in [0.4, 0.5) is 8.78 Å². The van der Waals surface area contributed by atoms with E-state index in [2.05, 4.69) is 21.2 Å². The van der Waals surface area contributed by atoms with Gasteiger partial charge in [0.1, 0.15) is 17.2 Å². The first-order valence-corrected chi connectivity index (χ1v) is 6.23. The summed E-state index contributed by atoms with van der Waals surface area (Å²) in [7, 11) is 1.50. The van der Waals surface area contributed by atoms with E-state index in [4.69, 9.17) is 4.74 Å². The quantitative estimate of drug-likeness (QED) is 0.905. The van der Waals surface area contributed by atoms with E-state index in [1.54, 1.807) is 0 Å². The Hall–Kier alpha value is -1.01. The van der Waals surface area contributed by atoms with Crippen molar-refractivity contribution in [3.63, 3.8) is 0 Å². The van der Waals surface area contributed by atoms with Crippen LogP contribution in [0.25, 0.3) is 0 Å². The van der Waals surface area contributed by atoms with Crippen molar-refractivity contribution in [2.24, 2.45) is 0 Å². The highest BCUT2D eigenvalue weighted by atomic mass is 79.9. The lowest BCUT2D eigenvalue weighted by Crippen LogP contribution is -2.38. The molecule has 100 valence electrons. The number of benzene rings is 1. The fraction of sp³-hybridized carbons (Fsp3) is 0.417. The number of ether oxygens (including phenoxy) is 1. The van der Waals surface area contributed by atoms with Crippen molar-refractivity contribution in [3.8, 4) is 0 Å². The SMILES string of the molecule is CCC(COC)NC(=O)c1c(F)cc(Br)cc1F. The van der Waals surface area contributed by atoms with Gasteiger partial charge in [0.25, 0.3) is 5.91 Å². The summed E-state index contributed by atoms with van der Waals surface area (Å²) in [6, 6.07) is 1.83. The average molecular weight is 322 g/mol. The van der Waals surface area contributed by atoms with E-state index in [0.29, 0.717) is 13.0 Å². The molecule has 3 nitrogen and oxygen atoms in total. The first kappa shape index (κ1) is 15.0. The molecule has 1 aromatic rings. The molecule has 0 saturated carbocycles. The zero-order valence-electron chi connectivity index (χ0n) is 10.1. The predicted octanol–water partition coefficient (Wildman–Crippen LogP) is 2.88. The molecule has 1 atom stereocenters. The predicted molar refractivity (Wildman–Crippen MR) is 67.5 cm³/mol. The van der Waals surface area contributed by atoms with Crippen molar-refractivity contribution in [2.45, 2.75) is 19.4 Å². The van der Waals surface area contributed by atoms with Crippen LogP contribution < -0.4 is 5.32 Å². The molecule has 0 aliphatic carbocycles. The highest BCUT2D eigenvalue weighted by Crippen LogP contribution is 2.19. The molecular formula is C12H14BrF2NO2. The minimum atomic E-state index is -0.897. The molecule has 0 fully saturated rings. The summed E-state index contributed by atoms with van der Waals surface area (Å²) >= 11 is 2.95. The number of hydrogen-bond acceptors (Lipinski definition) is 2. The van der Waals surface area contributed by atoms with Gasteiger partial charge in [0, 0.05) is 11.6 Å². The number of carbonyl (C=O) groups is 1. The topological polar surface area (TPSA) is 38.3 Å². The van der Waals surface area contributed by atoms with E-state index in [0.717, 1.165) is 12.1 Å². The van der Waals surface area contributed by atoms with E-state index >= 15 is 0 Å². The molecule has 0 aliphatic heterocycles. The maximum Gasteiger partial charge on any atom is 0.257 e. The van der Waals surface area contributed by atoms with Crippen LogP contribution in [0.2, 0.25) is 0 Å². The Morgan fingerprint density at radius 2 is 2.00 bits per heavy atom. The molecule has 0 radical (unpaired) electrons. The summed E-state index contributed by atoms with van der Waals surface area (Å²) in [6.45, 7) is 2.14. The molecule has 18 heavy (non-hydrogen) atoms. The number of methoxy groups -OCH3 is 1. The lowest BCUT2D eigenvalue weighted by molar-refractivity contribution is 0.0886. The van der Waals surface area contributed by atoms with E-state index < -0.39 is 23.1 Å². The Labute approximate surface area is 113 Å². The molecule has 0 bridgehead atoms. The maximum absolute atomic E-state index is 13.5. The summed E-state index contributed by atoms with van der Waals surface area (Å²) in [5.41, 5.74) is -0.576. The van der Waals surface area contributed by atoms with Gasteiger partial charge in [-0.2, -0.15) is 0 Å². The Kier molecular flexibility index (Phi) is 5.68. The van der Waals surface area contributed by atoms with Crippen molar-refractivity contribution >= 4 is 21.8 Å². The molecule has 1 aromatic carbocycles. The van der Waals surface area contributed by atoms with E-state index in [1.165, 1.54) is 7.11 Å². The van der Waals surface area contributed by atoms with Gasteiger partial charge < -0.3 is 10.1 Å². The van der Waals surface area contributed by atoms with E-state index in [-0.39, 0.29) is 10.5 Å². The fourth-order valence-corrected chi connectivity index (χ4v) is 1.88. The van der Waals surface area contributed by atoms with Crippen LogP contribution in [-0.2, 0) is 4.74 Å². The van der Waals surface area contributed by atoms with Crippen molar-refractivity contribution in [2.75, 3.05) is 13.7 Å². The first-order valence-electron chi connectivity index (χ1n) is 5.43. The van der Waals surface area contributed by atoms with Crippen LogP contribution >= 0.6 is 15.9 Å². The van der Waals surface area contributed by atoms with Crippen LogP contribution in [0, 0.1) is 11.6 Å². The molecule has 0 aromatic heterocycles. The highest BCUT2D eigenvalue weighted by Gasteiger charge is 2.20. The van der Waals surface area contributed by atoms with Gasteiger partial charge in [-0.05, 0) is 18.6 Å². The van der Waals surface area contributed by atoms with Crippen molar-refractivity contribution < 1.29 is 18.3 Å². The number of amides is 1. The normalized spacial score (nSPS) is 12.3.